The van der Waals surface area contributed by atoms with Gasteiger partial charge in [0.2, 0.25) is 5.43 Å². The number of pyridine rings is 1. The minimum atomic E-state index is -4.66. The van der Waals surface area contributed by atoms with Crippen molar-refractivity contribution in [3.63, 3.8) is 0 Å². The number of hydrogen-bond donors (Lipinski definition) is 2. The monoisotopic (exact) mass is 429 g/mol. The summed E-state index contributed by atoms with van der Waals surface area (Å²) in [6.07, 6.45) is -2.51. The van der Waals surface area contributed by atoms with Gasteiger partial charge < -0.3 is 15.2 Å². The third kappa shape index (κ3) is 4.02. The van der Waals surface area contributed by atoms with Crippen molar-refractivity contribution in [3.8, 4) is 0 Å². The van der Waals surface area contributed by atoms with Crippen LogP contribution in [0.1, 0.15) is 34.8 Å². The highest BCUT2D eigenvalue weighted by Gasteiger charge is 2.35. The number of aromatic amines is 1. The molecule has 1 aliphatic rings. The zero-order chi connectivity index (χ0) is 22.3. The molecule has 0 aliphatic carbocycles. The lowest BCUT2D eigenvalue weighted by Crippen LogP contribution is -2.24. The first-order chi connectivity index (χ1) is 14.6. The van der Waals surface area contributed by atoms with Crippen LogP contribution >= 0.6 is 0 Å². The topological polar surface area (TPSA) is 65.2 Å². The van der Waals surface area contributed by atoms with Gasteiger partial charge in [-0.05, 0) is 49.1 Å². The number of H-pyrrole nitrogens is 1. The second kappa shape index (κ2) is 7.76. The third-order valence-corrected chi connectivity index (χ3v) is 5.71. The highest BCUT2D eigenvalue weighted by molar-refractivity contribution is 6.06. The summed E-state index contributed by atoms with van der Waals surface area (Å²) in [6, 6.07) is 9.08. The van der Waals surface area contributed by atoms with E-state index in [4.69, 9.17) is 0 Å². The number of carbonyl (C=O) groups excluding carboxylic acids is 1. The molecule has 1 unspecified atom stereocenters. The standard InChI is InChI=1S/C23H22F3N3O2/c1-13-8-9-29(12-13)15-6-7-18(17(10-15)23(24,25)26)28-22(31)16-11-27-19-5-3-4-14(2)20(19)21(16)30/h3-7,10-11,13H,8-9,12H2,1-2H3,(H,27,30)(H,28,31). The lowest BCUT2D eigenvalue weighted by Gasteiger charge is -2.21. The Kier molecular flexibility index (Phi) is 5.24. The van der Waals surface area contributed by atoms with E-state index in [1.165, 1.54) is 12.3 Å². The number of rotatable bonds is 3. The number of carbonyl (C=O) groups is 1. The molecule has 4 rings (SSSR count). The quantitative estimate of drug-likeness (QED) is 0.619. The molecule has 2 aromatic carbocycles. The number of amides is 1. The van der Waals surface area contributed by atoms with Gasteiger partial charge in [-0.3, -0.25) is 9.59 Å². The highest BCUT2D eigenvalue weighted by Crippen LogP contribution is 2.38. The largest absolute Gasteiger partial charge is 0.418 e. The molecule has 31 heavy (non-hydrogen) atoms. The Morgan fingerprint density at radius 3 is 2.68 bits per heavy atom. The molecule has 0 spiro atoms. The Balaban J connectivity index is 1.70. The maximum atomic E-state index is 13.7. The summed E-state index contributed by atoms with van der Waals surface area (Å²) < 4.78 is 41.2. The Morgan fingerprint density at radius 2 is 2.00 bits per heavy atom. The molecule has 1 atom stereocenters. The minimum absolute atomic E-state index is 0.243. The molecular weight excluding hydrogens is 407 g/mol. The predicted octanol–water partition coefficient (Wildman–Crippen LogP) is 4.95. The Hall–Kier alpha value is -3.29. The van der Waals surface area contributed by atoms with Gasteiger partial charge in [0.25, 0.3) is 5.91 Å². The number of nitrogens with one attached hydrogen (secondary N) is 2. The van der Waals surface area contributed by atoms with E-state index in [0.717, 1.165) is 12.5 Å². The average Bonchev–Trinajstić information content (AvgIpc) is 3.14. The van der Waals surface area contributed by atoms with Gasteiger partial charge in [0, 0.05) is 35.9 Å². The highest BCUT2D eigenvalue weighted by atomic mass is 19.4. The van der Waals surface area contributed by atoms with E-state index in [9.17, 15) is 22.8 Å². The molecule has 1 saturated heterocycles. The molecule has 2 N–H and O–H groups in total. The normalized spacial score (nSPS) is 16.7. The van der Waals surface area contributed by atoms with E-state index in [1.807, 2.05) is 4.90 Å². The van der Waals surface area contributed by atoms with Crippen molar-refractivity contribution in [2.24, 2.45) is 5.92 Å². The third-order valence-electron chi connectivity index (χ3n) is 5.71. The lowest BCUT2D eigenvalue weighted by molar-refractivity contribution is -0.136. The van der Waals surface area contributed by atoms with Gasteiger partial charge >= 0.3 is 6.18 Å². The second-order valence-corrected chi connectivity index (χ2v) is 8.05. The van der Waals surface area contributed by atoms with E-state index in [1.54, 1.807) is 31.2 Å². The van der Waals surface area contributed by atoms with Crippen LogP contribution in [-0.4, -0.2) is 24.0 Å². The maximum absolute atomic E-state index is 13.7. The molecule has 1 fully saturated rings. The number of nitrogens with zero attached hydrogens (tertiary/aromatic N) is 1. The van der Waals surface area contributed by atoms with Crippen LogP contribution in [0.3, 0.4) is 0 Å². The first-order valence-corrected chi connectivity index (χ1v) is 10.0. The predicted molar refractivity (Wildman–Crippen MR) is 115 cm³/mol. The van der Waals surface area contributed by atoms with Gasteiger partial charge in [0.1, 0.15) is 5.56 Å². The average molecular weight is 429 g/mol. The molecule has 0 saturated carbocycles. The van der Waals surface area contributed by atoms with Crippen LogP contribution in [-0.2, 0) is 6.18 Å². The molecule has 0 radical (unpaired) electrons. The van der Waals surface area contributed by atoms with Crippen molar-refractivity contribution in [2.75, 3.05) is 23.3 Å². The molecule has 1 aromatic heterocycles. The molecule has 8 heteroatoms. The Morgan fingerprint density at radius 1 is 1.23 bits per heavy atom. The van der Waals surface area contributed by atoms with Crippen LogP contribution in [0.2, 0.25) is 0 Å². The zero-order valence-electron chi connectivity index (χ0n) is 17.1. The number of anilines is 2. The van der Waals surface area contributed by atoms with E-state index >= 15 is 0 Å². The first kappa shape index (κ1) is 21.0. The summed E-state index contributed by atoms with van der Waals surface area (Å²) in [4.78, 5) is 30.3. The summed E-state index contributed by atoms with van der Waals surface area (Å²) in [6.45, 7) is 5.17. The number of fused-ring (bicyclic) bond motifs is 1. The fraction of sp³-hybridized carbons (Fsp3) is 0.304. The van der Waals surface area contributed by atoms with E-state index in [-0.39, 0.29) is 11.3 Å². The minimum Gasteiger partial charge on any atom is -0.371 e. The summed E-state index contributed by atoms with van der Waals surface area (Å²) in [5.74, 6) is -0.476. The van der Waals surface area contributed by atoms with E-state index in [0.29, 0.717) is 41.2 Å². The fourth-order valence-electron chi connectivity index (χ4n) is 4.04. The van der Waals surface area contributed by atoms with Crippen LogP contribution in [0.4, 0.5) is 24.5 Å². The van der Waals surface area contributed by atoms with Crippen LogP contribution in [0, 0.1) is 12.8 Å². The molecule has 2 heterocycles. The first-order valence-electron chi connectivity index (χ1n) is 10.0. The van der Waals surface area contributed by atoms with Gasteiger partial charge in [0.15, 0.2) is 0 Å². The summed E-state index contributed by atoms with van der Waals surface area (Å²) in [5.41, 5.74) is -0.388. The van der Waals surface area contributed by atoms with E-state index < -0.39 is 23.1 Å². The van der Waals surface area contributed by atoms with Gasteiger partial charge in [-0.2, -0.15) is 13.2 Å². The zero-order valence-corrected chi connectivity index (χ0v) is 17.1. The van der Waals surface area contributed by atoms with Crippen LogP contribution < -0.4 is 15.6 Å². The van der Waals surface area contributed by atoms with Crippen molar-refractivity contribution in [1.29, 1.82) is 0 Å². The molecule has 1 amide bonds. The number of alkyl halides is 3. The molecule has 1 aliphatic heterocycles. The van der Waals surface area contributed by atoms with Crippen LogP contribution in [0.15, 0.2) is 47.4 Å². The number of aromatic nitrogens is 1. The summed E-state index contributed by atoms with van der Waals surface area (Å²) in [7, 11) is 0. The Bertz CT molecular complexity index is 1220. The number of hydrogen-bond acceptors (Lipinski definition) is 3. The summed E-state index contributed by atoms with van der Waals surface area (Å²) >= 11 is 0. The van der Waals surface area contributed by atoms with Crippen molar-refractivity contribution in [1.82, 2.24) is 4.98 Å². The SMILES string of the molecule is Cc1cccc2[nH]cc(C(=O)Nc3ccc(N4CCC(C)C4)cc3C(F)(F)F)c(=O)c12. The molecule has 0 bridgehead atoms. The molecule has 162 valence electrons. The number of benzene rings is 2. The van der Waals surface area contributed by atoms with Gasteiger partial charge in [-0.25, -0.2) is 0 Å². The maximum Gasteiger partial charge on any atom is 0.418 e. The van der Waals surface area contributed by atoms with Crippen molar-refractivity contribution >= 4 is 28.2 Å². The number of aryl methyl sites for hydroxylation is 1. The fourth-order valence-corrected chi connectivity index (χ4v) is 4.04. The van der Waals surface area contributed by atoms with Crippen molar-refractivity contribution in [3.05, 3.63) is 69.5 Å². The summed E-state index contributed by atoms with van der Waals surface area (Å²) in [5, 5.41) is 2.63. The van der Waals surface area contributed by atoms with Crippen molar-refractivity contribution in [2.45, 2.75) is 26.4 Å². The van der Waals surface area contributed by atoms with Gasteiger partial charge in [-0.15, -0.1) is 0 Å². The van der Waals surface area contributed by atoms with Crippen molar-refractivity contribution < 1.29 is 18.0 Å². The molecular formula is C23H22F3N3O2. The van der Waals surface area contributed by atoms with E-state index in [2.05, 4.69) is 17.2 Å². The lowest BCUT2D eigenvalue weighted by atomic mass is 10.1. The molecule has 5 nitrogen and oxygen atoms in total. The smallest absolute Gasteiger partial charge is 0.371 e. The second-order valence-electron chi connectivity index (χ2n) is 8.05. The molecule has 3 aromatic rings. The van der Waals surface area contributed by atoms with Gasteiger partial charge in [0.05, 0.1) is 11.3 Å². The number of halogens is 3. The Labute approximate surface area is 176 Å². The van der Waals surface area contributed by atoms with Crippen LogP contribution in [0.5, 0.6) is 0 Å². The van der Waals surface area contributed by atoms with Gasteiger partial charge in [-0.1, -0.05) is 19.1 Å². The van der Waals surface area contributed by atoms with Crippen LogP contribution in [0.25, 0.3) is 10.9 Å².